The summed E-state index contributed by atoms with van der Waals surface area (Å²) in [6.45, 7) is 5.20. The van der Waals surface area contributed by atoms with E-state index < -0.39 is 54.5 Å². The Labute approximate surface area is 211 Å². The van der Waals surface area contributed by atoms with E-state index in [1.165, 1.54) is 38.0 Å². The fourth-order valence-electron chi connectivity index (χ4n) is 4.11. The van der Waals surface area contributed by atoms with Gasteiger partial charge in [0.2, 0.25) is 0 Å². The molecule has 0 saturated carbocycles. The molecule has 1 aliphatic heterocycles. The van der Waals surface area contributed by atoms with Gasteiger partial charge in [0.1, 0.15) is 6.33 Å². The molecule has 13 heteroatoms. The lowest BCUT2D eigenvalue weighted by Gasteiger charge is -2.43. The first-order chi connectivity index (χ1) is 17.7. The molecule has 0 bridgehead atoms. The van der Waals surface area contributed by atoms with Crippen LogP contribution in [0.4, 0.5) is 5.82 Å². The third-order valence-corrected chi connectivity index (χ3v) is 5.55. The first-order valence-electron chi connectivity index (χ1n) is 11.4. The predicted molar refractivity (Wildman–Crippen MR) is 126 cm³/mol. The molecule has 1 N–H and O–H groups in total. The molecular weight excluding hydrogens is 486 g/mol. The third kappa shape index (κ3) is 5.56. The van der Waals surface area contributed by atoms with Crippen molar-refractivity contribution in [2.24, 2.45) is 0 Å². The van der Waals surface area contributed by atoms with Gasteiger partial charge in [-0.15, -0.1) is 0 Å². The summed E-state index contributed by atoms with van der Waals surface area (Å²) in [6, 6.07) is 8.57. The van der Waals surface area contributed by atoms with E-state index in [2.05, 4.69) is 20.3 Å². The number of aromatic nitrogens is 4. The normalized spacial score (nSPS) is 23.2. The second kappa shape index (κ2) is 10.7. The smallest absolute Gasteiger partial charge is 0.303 e. The second-order valence-corrected chi connectivity index (χ2v) is 8.32. The number of carbonyl (C=O) groups excluding carboxylic acids is 4. The lowest BCUT2D eigenvalue weighted by Crippen LogP contribution is -2.58. The highest BCUT2D eigenvalue weighted by Crippen LogP contribution is 2.36. The molecule has 1 amide bonds. The van der Waals surface area contributed by atoms with Gasteiger partial charge in [-0.05, 0) is 19.1 Å². The van der Waals surface area contributed by atoms with Crippen molar-refractivity contribution in [3.05, 3.63) is 48.5 Å². The lowest BCUT2D eigenvalue weighted by atomic mass is 9.97. The summed E-state index contributed by atoms with van der Waals surface area (Å²) in [7, 11) is 0. The van der Waals surface area contributed by atoms with Gasteiger partial charge < -0.3 is 24.3 Å². The Morgan fingerprint density at radius 2 is 1.49 bits per heavy atom. The molecule has 1 aliphatic rings. The summed E-state index contributed by atoms with van der Waals surface area (Å²) < 4.78 is 23.9. The minimum absolute atomic E-state index is 0.153. The SMILES string of the molecule is CC(=O)O[C@H]1[C@@H](OC(C)=O)[C@H](C)O[C@@H](n2cnc3c(NC(=O)c4ccccc4)ncnc32)[C@H]1OC(C)=O. The van der Waals surface area contributed by atoms with E-state index in [1.54, 1.807) is 37.3 Å². The van der Waals surface area contributed by atoms with Crippen molar-refractivity contribution in [3.63, 3.8) is 0 Å². The number of fused-ring (bicyclic) bond motifs is 1. The molecule has 0 aliphatic carbocycles. The van der Waals surface area contributed by atoms with Gasteiger partial charge in [-0.2, -0.15) is 0 Å². The van der Waals surface area contributed by atoms with Gasteiger partial charge in [-0.25, -0.2) is 15.0 Å². The molecule has 1 fully saturated rings. The summed E-state index contributed by atoms with van der Waals surface area (Å²) >= 11 is 0. The number of benzene rings is 1. The maximum atomic E-state index is 12.7. The van der Waals surface area contributed by atoms with E-state index >= 15 is 0 Å². The minimum Gasteiger partial charge on any atom is -0.456 e. The molecule has 0 unspecified atom stereocenters. The molecule has 0 spiro atoms. The van der Waals surface area contributed by atoms with Crippen LogP contribution in [0.2, 0.25) is 0 Å². The quantitative estimate of drug-likeness (QED) is 0.379. The summed E-state index contributed by atoms with van der Waals surface area (Å²) in [6.07, 6.45) is -2.70. The van der Waals surface area contributed by atoms with Gasteiger partial charge in [0, 0.05) is 26.3 Å². The standard InChI is InChI=1S/C24H25N5O8/c1-12-18(35-13(2)30)19(36-14(3)31)20(37-15(4)32)24(34-12)29-11-27-17-21(25-10-26-22(17)29)28-23(33)16-8-6-5-7-9-16/h5-12,18-20,24H,1-4H3,(H,25,26,28,33)/t12-,18-,19-,20-,24+/m0/s1. The molecule has 194 valence electrons. The molecule has 37 heavy (non-hydrogen) atoms. The zero-order chi connectivity index (χ0) is 26.7. The molecule has 3 aromatic rings. The zero-order valence-corrected chi connectivity index (χ0v) is 20.5. The molecule has 1 saturated heterocycles. The monoisotopic (exact) mass is 511 g/mol. The maximum Gasteiger partial charge on any atom is 0.303 e. The van der Waals surface area contributed by atoms with Gasteiger partial charge in [0.05, 0.1) is 12.4 Å². The topological polar surface area (TPSA) is 161 Å². The molecule has 3 heterocycles. The fraction of sp³-hybridized carbons (Fsp3) is 0.375. The Balaban J connectivity index is 1.73. The first-order valence-corrected chi connectivity index (χ1v) is 11.4. The van der Waals surface area contributed by atoms with Crippen LogP contribution in [-0.4, -0.2) is 67.7 Å². The van der Waals surface area contributed by atoms with Crippen molar-refractivity contribution in [1.82, 2.24) is 19.5 Å². The number of nitrogens with zero attached hydrogens (tertiary/aromatic N) is 4. The van der Waals surface area contributed by atoms with Gasteiger partial charge in [0.25, 0.3) is 5.91 Å². The van der Waals surface area contributed by atoms with Crippen LogP contribution in [0.15, 0.2) is 43.0 Å². The number of rotatable bonds is 6. The molecule has 13 nitrogen and oxygen atoms in total. The van der Waals surface area contributed by atoms with Crippen molar-refractivity contribution in [2.45, 2.75) is 58.3 Å². The second-order valence-electron chi connectivity index (χ2n) is 8.32. The first kappa shape index (κ1) is 25.7. The summed E-state index contributed by atoms with van der Waals surface area (Å²) in [5.41, 5.74) is 0.921. The van der Waals surface area contributed by atoms with Crippen LogP contribution < -0.4 is 5.32 Å². The van der Waals surface area contributed by atoms with E-state index in [4.69, 9.17) is 18.9 Å². The van der Waals surface area contributed by atoms with E-state index in [-0.39, 0.29) is 17.0 Å². The summed E-state index contributed by atoms with van der Waals surface area (Å²) in [5, 5.41) is 2.71. The van der Waals surface area contributed by atoms with E-state index in [9.17, 15) is 19.2 Å². The van der Waals surface area contributed by atoms with Gasteiger partial charge in [0.15, 0.2) is 41.5 Å². The fourth-order valence-corrected chi connectivity index (χ4v) is 4.11. The summed E-state index contributed by atoms with van der Waals surface area (Å²) in [5.74, 6) is -2.22. The number of ether oxygens (including phenoxy) is 4. The number of carbonyl (C=O) groups is 4. The molecular formula is C24H25N5O8. The van der Waals surface area contributed by atoms with Crippen molar-refractivity contribution in [3.8, 4) is 0 Å². The predicted octanol–water partition coefficient (Wildman–Crippen LogP) is 1.79. The van der Waals surface area contributed by atoms with E-state index in [0.717, 1.165) is 0 Å². The average molecular weight is 511 g/mol. The Kier molecular flexibility index (Phi) is 7.43. The minimum atomic E-state index is -1.23. The van der Waals surface area contributed by atoms with Crippen LogP contribution in [0.1, 0.15) is 44.3 Å². The van der Waals surface area contributed by atoms with E-state index in [1.807, 2.05) is 0 Å². The highest BCUT2D eigenvalue weighted by Gasteiger charge is 2.51. The van der Waals surface area contributed by atoms with Crippen LogP contribution in [0.3, 0.4) is 0 Å². The molecule has 1 aromatic carbocycles. The number of amides is 1. The van der Waals surface area contributed by atoms with Gasteiger partial charge in [-0.1, -0.05) is 18.2 Å². The van der Waals surface area contributed by atoms with E-state index in [0.29, 0.717) is 5.56 Å². The van der Waals surface area contributed by atoms with Crippen LogP contribution in [0.5, 0.6) is 0 Å². The molecule has 0 radical (unpaired) electrons. The maximum absolute atomic E-state index is 12.7. The molecule has 4 rings (SSSR count). The molecule has 5 atom stereocenters. The Hall–Kier alpha value is -4.39. The Morgan fingerprint density at radius 1 is 0.865 bits per heavy atom. The van der Waals surface area contributed by atoms with Crippen LogP contribution in [0.25, 0.3) is 11.2 Å². The highest BCUT2D eigenvalue weighted by molar-refractivity contribution is 6.06. The molecule has 2 aromatic heterocycles. The number of anilines is 1. The largest absolute Gasteiger partial charge is 0.456 e. The van der Waals surface area contributed by atoms with Crippen LogP contribution >= 0.6 is 0 Å². The third-order valence-electron chi connectivity index (χ3n) is 5.55. The highest BCUT2D eigenvalue weighted by atomic mass is 16.7. The van der Waals surface area contributed by atoms with Crippen LogP contribution in [-0.2, 0) is 33.3 Å². The Morgan fingerprint density at radius 3 is 2.14 bits per heavy atom. The van der Waals surface area contributed by atoms with Gasteiger partial charge >= 0.3 is 17.9 Å². The number of esters is 3. The van der Waals surface area contributed by atoms with Crippen LogP contribution in [0, 0.1) is 0 Å². The van der Waals surface area contributed by atoms with Crippen molar-refractivity contribution >= 4 is 40.8 Å². The number of hydrogen-bond donors (Lipinski definition) is 1. The Bertz CT molecular complexity index is 1330. The number of imidazole rings is 1. The number of nitrogens with one attached hydrogen (secondary N) is 1. The average Bonchev–Trinajstić information content (AvgIpc) is 3.28. The van der Waals surface area contributed by atoms with Crippen molar-refractivity contribution < 1.29 is 38.1 Å². The number of hydrogen-bond acceptors (Lipinski definition) is 11. The van der Waals surface area contributed by atoms with Crippen molar-refractivity contribution in [1.29, 1.82) is 0 Å². The zero-order valence-electron chi connectivity index (χ0n) is 20.5. The summed E-state index contributed by atoms with van der Waals surface area (Å²) in [4.78, 5) is 61.1. The lowest BCUT2D eigenvalue weighted by molar-refractivity contribution is -0.259. The van der Waals surface area contributed by atoms with Gasteiger partial charge in [-0.3, -0.25) is 23.7 Å². The van der Waals surface area contributed by atoms with Crippen molar-refractivity contribution in [2.75, 3.05) is 5.32 Å².